The van der Waals surface area contributed by atoms with Gasteiger partial charge in [-0.25, -0.2) is 0 Å². The van der Waals surface area contributed by atoms with Gasteiger partial charge in [-0.2, -0.15) is 0 Å². The summed E-state index contributed by atoms with van der Waals surface area (Å²) in [6, 6.07) is 2.48. The molecule has 94 valence electrons. The quantitative estimate of drug-likeness (QED) is 0.793. The van der Waals surface area contributed by atoms with Gasteiger partial charge in [0.25, 0.3) is 0 Å². The zero-order valence-electron chi connectivity index (χ0n) is 11.0. The van der Waals surface area contributed by atoms with Crippen LogP contribution in [0.15, 0.2) is 0 Å². The number of likely N-dealkylation sites (tertiary alicyclic amines) is 1. The normalized spacial score (nSPS) is 34.1. The molecule has 2 rings (SSSR count). The molecular formula is C14H28N2. The van der Waals surface area contributed by atoms with Gasteiger partial charge in [-0.15, -0.1) is 0 Å². The summed E-state index contributed by atoms with van der Waals surface area (Å²) in [7, 11) is 0. The molecule has 0 radical (unpaired) electrons. The van der Waals surface area contributed by atoms with Crippen molar-refractivity contribution in [2.45, 2.75) is 76.9 Å². The van der Waals surface area contributed by atoms with E-state index in [1.54, 1.807) is 0 Å². The van der Waals surface area contributed by atoms with Crippen molar-refractivity contribution in [2.75, 3.05) is 13.1 Å². The van der Waals surface area contributed by atoms with E-state index in [1.165, 1.54) is 51.5 Å². The Bertz CT molecular complexity index is 199. The lowest BCUT2D eigenvalue weighted by Crippen LogP contribution is -2.51. The van der Waals surface area contributed by atoms with Crippen LogP contribution in [-0.2, 0) is 0 Å². The first-order chi connectivity index (χ1) is 7.81. The van der Waals surface area contributed by atoms with Gasteiger partial charge in [0, 0.05) is 24.7 Å². The van der Waals surface area contributed by atoms with Crippen LogP contribution >= 0.6 is 0 Å². The number of nitrogens with one attached hydrogen (secondary N) is 1. The minimum Gasteiger partial charge on any atom is -0.314 e. The molecule has 1 N–H and O–H groups in total. The van der Waals surface area contributed by atoms with Crippen LogP contribution in [0.2, 0.25) is 0 Å². The number of nitrogens with zero attached hydrogens (tertiary/aromatic N) is 1. The van der Waals surface area contributed by atoms with Gasteiger partial charge in [-0.05, 0) is 39.2 Å². The lowest BCUT2D eigenvalue weighted by atomic mass is 9.89. The predicted octanol–water partition coefficient (Wildman–Crippen LogP) is 2.78. The van der Waals surface area contributed by atoms with E-state index in [0.29, 0.717) is 0 Å². The zero-order valence-corrected chi connectivity index (χ0v) is 11.0. The topological polar surface area (TPSA) is 15.3 Å². The average Bonchev–Trinajstić information content (AvgIpc) is 2.31. The first kappa shape index (κ1) is 12.4. The third-order valence-electron chi connectivity index (χ3n) is 4.46. The third kappa shape index (κ3) is 2.98. The van der Waals surface area contributed by atoms with Gasteiger partial charge in [-0.3, -0.25) is 4.90 Å². The van der Waals surface area contributed by atoms with Crippen molar-refractivity contribution < 1.29 is 0 Å². The molecule has 0 aromatic rings. The molecule has 1 heterocycles. The summed E-state index contributed by atoms with van der Waals surface area (Å²) in [5.41, 5.74) is 0. The summed E-state index contributed by atoms with van der Waals surface area (Å²) >= 11 is 0. The monoisotopic (exact) mass is 224 g/mol. The summed E-state index contributed by atoms with van der Waals surface area (Å²) in [6.07, 6.45) is 10.0. The minimum atomic E-state index is 0.778. The van der Waals surface area contributed by atoms with E-state index in [1.807, 2.05) is 0 Å². The number of hydrogen-bond acceptors (Lipinski definition) is 2. The molecule has 0 aromatic heterocycles. The zero-order chi connectivity index (χ0) is 11.4. The van der Waals surface area contributed by atoms with Crippen molar-refractivity contribution >= 4 is 0 Å². The minimum absolute atomic E-state index is 0.778. The van der Waals surface area contributed by atoms with E-state index in [2.05, 4.69) is 24.1 Å². The molecule has 2 fully saturated rings. The van der Waals surface area contributed by atoms with Gasteiger partial charge in [0.1, 0.15) is 0 Å². The second kappa shape index (κ2) is 6.02. The second-order valence-corrected chi connectivity index (χ2v) is 5.66. The molecule has 0 bridgehead atoms. The highest BCUT2D eigenvalue weighted by molar-refractivity contribution is 4.87. The maximum absolute atomic E-state index is 3.61. The van der Waals surface area contributed by atoms with Gasteiger partial charge in [0.2, 0.25) is 0 Å². The van der Waals surface area contributed by atoms with Gasteiger partial charge in [0.05, 0.1) is 0 Å². The van der Waals surface area contributed by atoms with Crippen LogP contribution < -0.4 is 5.32 Å². The maximum Gasteiger partial charge on any atom is 0.00980 e. The molecule has 1 aliphatic heterocycles. The fourth-order valence-electron chi connectivity index (χ4n) is 3.62. The SMILES string of the molecule is CCNC1CCN(C2CCCCC2)C(C)C1. The highest BCUT2D eigenvalue weighted by Crippen LogP contribution is 2.28. The van der Waals surface area contributed by atoms with Crippen molar-refractivity contribution in [2.24, 2.45) is 0 Å². The molecule has 16 heavy (non-hydrogen) atoms. The molecule has 1 saturated carbocycles. The fraction of sp³-hybridized carbons (Fsp3) is 1.00. The molecule has 0 spiro atoms. The fourth-order valence-corrected chi connectivity index (χ4v) is 3.62. The molecule has 2 nitrogen and oxygen atoms in total. The number of piperidine rings is 1. The van der Waals surface area contributed by atoms with Crippen LogP contribution in [0.1, 0.15) is 58.8 Å². The Hall–Kier alpha value is -0.0800. The Labute approximate surface area is 101 Å². The van der Waals surface area contributed by atoms with Gasteiger partial charge in [-0.1, -0.05) is 26.2 Å². The van der Waals surface area contributed by atoms with Crippen LogP contribution in [0.5, 0.6) is 0 Å². The van der Waals surface area contributed by atoms with Crippen LogP contribution in [0, 0.1) is 0 Å². The van der Waals surface area contributed by atoms with Crippen LogP contribution in [-0.4, -0.2) is 36.1 Å². The van der Waals surface area contributed by atoms with Gasteiger partial charge in [0.15, 0.2) is 0 Å². The lowest BCUT2D eigenvalue weighted by molar-refractivity contribution is 0.0682. The van der Waals surface area contributed by atoms with Crippen LogP contribution in [0.3, 0.4) is 0 Å². The molecule has 1 aliphatic carbocycles. The molecular weight excluding hydrogens is 196 g/mol. The highest BCUT2D eigenvalue weighted by atomic mass is 15.2. The Balaban J connectivity index is 1.83. The lowest BCUT2D eigenvalue weighted by Gasteiger charge is -2.44. The molecule has 2 atom stereocenters. The first-order valence-electron chi connectivity index (χ1n) is 7.30. The molecule has 1 saturated heterocycles. The van der Waals surface area contributed by atoms with Crippen molar-refractivity contribution in [3.05, 3.63) is 0 Å². The second-order valence-electron chi connectivity index (χ2n) is 5.66. The van der Waals surface area contributed by atoms with Crippen LogP contribution in [0.25, 0.3) is 0 Å². The van der Waals surface area contributed by atoms with Crippen molar-refractivity contribution in [1.29, 1.82) is 0 Å². The van der Waals surface area contributed by atoms with Crippen molar-refractivity contribution in [3.8, 4) is 0 Å². The molecule has 0 aromatic carbocycles. The molecule has 0 amide bonds. The number of hydrogen-bond donors (Lipinski definition) is 1. The molecule has 2 unspecified atom stereocenters. The van der Waals surface area contributed by atoms with E-state index in [0.717, 1.165) is 24.7 Å². The Kier molecular flexibility index (Phi) is 4.66. The van der Waals surface area contributed by atoms with Gasteiger partial charge >= 0.3 is 0 Å². The highest BCUT2D eigenvalue weighted by Gasteiger charge is 2.30. The Morgan fingerprint density at radius 2 is 1.88 bits per heavy atom. The third-order valence-corrected chi connectivity index (χ3v) is 4.46. The standard InChI is InChI=1S/C14H28N2/c1-3-15-13-9-10-16(12(2)11-13)14-7-5-4-6-8-14/h12-15H,3-11H2,1-2H3. The molecule has 2 heteroatoms. The van der Waals surface area contributed by atoms with E-state index >= 15 is 0 Å². The summed E-state index contributed by atoms with van der Waals surface area (Å²) in [5, 5.41) is 3.61. The first-order valence-corrected chi connectivity index (χ1v) is 7.30. The predicted molar refractivity (Wildman–Crippen MR) is 69.7 cm³/mol. The number of rotatable bonds is 3. The van der Waals surface area contributed by atoms with Crippen molar-refractivity contribution in [1.82, 2.24) is 10.2 Å². The van der Waals surface area contributed by atoms with E-state index < -0.39 is 0 Å². The summed E-state index contributed by atoms with van der Waals surface area (Å²) in [6.45, 7) is 7.10. The molecule has 2 aliphatic rings. The van der Waals surface area contributed by atoms with E-state index in [-0.39, 0.29) is 0 Å². The average molecular weight is 224 g/mol. The maximum atomic E-state index is 3.61. The van der Waals surface area contributed by atoms with E-state index in [9.17, 15) is 0 Å². The summed E-state index contributed by atoms with van der Waals surface area (Å²) in [5.74, 6) is 0. The largest absolute Gasteiger partial charge is 0.314 e. The smallest absolute Gasteiger partial charge is 0.00980 e. The van der Waals surface area contributed by atoms with Crippen LogP contribution in [0.4, 0.5) is 0 Å². The summed E-state index contributed by atoms with van der Waals surface area (Å²) in [4.78, 5) is 2.80. The Morgan fingerprint density at radius 1 is 1.12 bits per heavy atom. The van der Waals surface area contributed by atoms with Gasteiger partial charge < -0.3 is 5.32 Å². The summed E-state index contributed by atoms with van der Waals surface area (Å²) < 4.78 is 0. The Morgan fingerprint density at radius 3 is 2.50 bits per heavy atom. The van der Waals surface area contributed by atoms with Crippen molar-refractivity contribution in [3.63, 3.8) is 0 Å². The van der Waals surface area contributed by atoms with E-state index in [4.69, 9.17) is 0 Å².